The van der Waals surface area contributed by atoms with Gasteiger partial charge in [-0.1, -0.05) is 31.6 Å². The maximum Gasteiger partial charge on any atom is 0.336 e. The summed E-state index contributed by atoms with van der Waals surface area (Å²) >= 11 is 0. The van der Waals surface area contributed by atoms with Gasteiger partial charge in [-0.05, 0) is 31.1 Å². The molecule has 4 rings (SSSR count). The van der Waals surface area contributed by atoms with Crippen molar-refractivity contribution in [3.05, 3.63) is 23.3 Å². The first-order valence-electron chi connectivity index (χ1n) is 10.4. The van der Waals surface area contributed by atoms with E-state index in [4.69, 9.17) is 23.7 Å². The molecule has 0 aromatic heterocycles. The number of ether oxygens (including phenoxy) is 5. The second-order valence-electron chi connectivity index (χ2n) is 9.21. The smallest absolute Gasteiger partial charge is 0.336 e. The molecule has 0 aromatic carbocycles. The van der Waals surface area contributed by atoms with Gasteiger partial charge in [0.05, 0.1) is 11.8 Å². The zero-order valence-electron chi connectivity index (χ0n) is 17.7. The van der Waals surface area contributed by atoms with Gasteiger partial charge in [-0.25, -0.2) is 4.79 Å². The van der Waals surface area contributed by atoms with Crippen LogP contribution in [0.2, 0.25) is 0 Å². The maximum atomic E-state index is 12.5. The first kappa shape index (κ1) is 21.1. The highest BCUT2D eigenvalue weighted by Crippen LogP contribution is 2.51. The molecule has 0 bridgehead atoms. The lowest BCUT2D eigenvalue weighted by Crippen LogP contribution is -2.38. The fourth-order valence-corrected chi connectivity index (χ4v) is 4.99. The van der Waals surface area contributed by atoms with Crippen LogP contribution in [-0.4, -0.2) is 42.9 Å². The average Bonchev–Trinajstić information content (AvgIpc) is 3.20. The molecule has 0 radical (unpaired) electrons. The van der Waals surface area contributed by atoms with Crippen LogP contribution in [0, 0.1) is 17.3 Å². The molecular formula is C22H28O8. The SMILES string of the molecule is CC(=O)OC1OC2OC3OC(=O)C(=C/C=C4/CCCC(C)(C)C4)C3C2C1OC(C)=O. The molecule has 30 heavy (non-hydrogen) atoms. The van der Waals surface area contributed by atoms with E-state index in [-0.39, 0.29) is 5.41 Å². The largest absolute Gasteiger partial charge is 0.455 e. The summed E-state index contributed by atoms with van der Waals surface area (Å²) < 4.78 is 27.4. The third kappa shape index (κ3) is 4.03. The van der Waals surface area contributed by atoms with Gasteiger partial charge in [0.1, 0.15) is 0 Å². The zero-order chi connectivity index (χ0) is 21.6. The van der Waals surface area contributed by atoms with Crippen molar-refractivity contribution in [3.8, 4) is 0 Å². The van der Waals surface area contributed by atoms with Crippen molar-refractivity contribution in [1.29, 1.82) is 0 Å². The van der Waals surface area contributed by atoms with Crippen molar-refractivity contribution in [3.63, 3.8) is 0 Å². The van der Waals surface area contributed by atoms with Crippen molar-refractivity contribution >= 4 is 17.9 Å². The highest BCUT2D eigenvalue weighted by Gasteiger charge is 2.64. The minimum absolute atomic E-state index is 0.250. The topological polar surface area (TPSA) is 97.4 Å². The third-order valence-corrected chi connectivity index (χ3v) is 6.16. The summed E-state index contributed by atoms with van der Waals surface area (Å²) in [5.74, 6) is -2.53. The van der Waals surface area contributed by atoms with Crippen LogP contribution in [0.4, 0.5) is 0 Å². The number of carbonyl (C=O) groups is 3. The lowest BCUT2D eigenvalue weighted by Gasteiger charge is -2.31. The number of allylic oxidation sites excluding steroid dienone is 3. The Hall–Kier alpha value is -2.19. The average molecular weight is 420 g/mol. The van der Waals surface area contributed by atoms with Gasteiger partial charge < -0.3 is 23.7 Å². The number of esters is 3. The highest BCUT2D eigenvalue weighted by molar-refractivity contribution is 5.92. The predicted octanol–water partition coefficient (Wildman–Crippen LogP) is 2.76. The molecule has 0 amide bonds. The number of carbonyl (C=O) groups excluding carboxylic acids is 3. The molecule has 8 heteroatoms. The number of fused-ring (bicyclic) bond motifs is 3. The standard InChI is InChI=1S/C22H28O8/c1-11(23)26-17-16-15-14(8-7-13-6-5-9-22(3,4)10-13)18(25)28-19(15)29-20(16)30-21(17)27-12(2)24/h7-8,15-17,19-21H,5-6,9-10H2,1-4H3/b13-7-,14-8?. The normalized spacial score (nSPS) is 39.5. The Morgan fingerprint density at radius 3 is 2.47 bits per heavy atom. The lowest BCUT2D eigenvalue weighted by molar-refractivity contribution is -0.244. The van der Waals surface area contributed by atoms with Gasteiger partial charge in [0.2, 0.25) is 12.6 Å². The van der Waals surface area contributed by atoms with E-state index >= 15 is 0 Å². The van der Waals surface area contributed by atoms with E-state index < -0.39 is 54.7 Å². The van der Waals surface area contributed by atoms with Gasteiger partial charge in [0.25, 0.3) is 0 Å². The van der Waals surface area contributed by atoms with Crippen LogP contribution in [0.3, 0.4) is 0 Å². The highest BCUT2D eigenvalue weighted by atomic mass is 16.8. The summed E-state index contributed by atoms with van der Waals surface area (Å²) in [6.07, 6.45) is 4.53. The van der Waals surface area contributed by atoms with Crippen LogP contribution in [0.25, 0.3) is 0 Å². The van der Waals surface area contributed by atoms with E-state index in [1.165, 1.54) is 25.8 Å². The molecule has 3 saturated heterocycles. The molecular weight excluding hydrogens is 392 g/mol. The maximum absolute atomic E-state index is 12.5. The van der Waals surface area contributed by atoms with Crippen LogP contribution in [0.5, 0.6) is 0 Å². The third-order valence-electron chi connectivity index (χ3n) is 6.16. The molecule has 6 unspecified atom stereocenters. The van der Waals surface area contributed by atoms with Gasteiger partial charge in [-0.15, -0.1) is 0 Å². The Morgan fingerprint density at radius 2 is 1.80 bits per heavy atom. The predicted molar refractivity (Wildman–Crippen MR) is 102 cm³/mol. The van der Waals surface area contributed by atoms with Crippen molar-refractivity contribution in [1.82, 2.24) is 0 Å². The quantitative estimate of drug-likeness (QED) is 0.391. The van der Waals surface area contributed by atoms with E-state index in [0.29, 0.717) is 5.57 Å². The summed E-state index contributed by atoms with van der Waals surface area (Å²) in [6, 6.07) is 0. The van der Waals surface area contributed by atoms with Crippen molar-refractivity contribution in [2.24, 2.45) is 17.3 Å². The van der Waals surface area contributed by atoms with Crippen LogP contribution < -0.4 is 0 Å². The summed E-state index contributed by atoms with van der Waals surface area (Å²) in [4.78, 5) is 35.6. The second kappa shape index (κ2) is 7.81. The molecule has 0 aromatic rings. The van der Waals surface area contributed by atoms with Crippen molar-refractivity contribution in [2.75, 3.05) is 0 Å². The molecule has 8 nitrogen and oxygen atoms in total. The van der Waals surface area contributed by atoms with Crippen LogP contribution >= 0.6 is 0 Å². The Labute approximate surface area is 175 Å². The van der Waals surface area contributed by atoms with E-state index in [2.05, 4.69) is 13.8 Å². The van der Waals surface area contributed by atoms with Gasteiger partial charge in [-0.3, -0.25) is 9.59 Å². The fraction of sp³-hybridized carbons (Fsp3) is 0.682. The molecule has 0 spiro atoms. The Kier molecular flexibility index (Phi) is 5.48. The Bertz CT molecular complexity index is 810. The molecule has 164 valence electrons. The van der Waals surface area contributed by atoms with Gasteiger partial charge in [-0.2, -0.15) is 0 Å². The van der Waals surface area contributed by atoms with Gasteiger partial charge in [0.15, 0.2) is 12.4 Å². The first-order valence-corrected chi connectivity index (χ1v) is 10.4. The van der Waals surface area contributed by atoms with Crippen LogP contribution in [0.1, 0.15) is 53.4 Å². The number of hydrogen-bond donors (Lipinski definition) is 0. The minimum Gasteiger partial charge on any atom is -0.455 e. The second-order valence-corrected chi connectivity index (χ2v) is 9.21. The van der Waals surface area contributed by atoms with Gasteiger partial charge in [0, 0.05) is 19.4 Å². The molecule has 4 fully saturated rings. The molecule has 6 atom stereocenters. The molecule has 1 aliphatic carbocycles. The Balaban J connectivity index is 1.61. The van der Waals surface area contributed by atoms with E-state index in [0.717, 1.165) is 19.3 Å². The molecule has 3 aliphatic heterocycles. The minimum atomic E-state index is -1.09. The monoisotopic (exact) mass is 420 g/mol. The van der Waals surface area contributed by atoms with Gasteiger partial charge >= 0.3 is 17.9 Å². The first-order chi connectivity index (χ1) is 14.1. The molecule has 1 saturated carbocycles. The van der Waals surface area contributed by atoms with Crippen molar-refractivity contribution in [2.45, 2.75) is 78.4 Å². The van der Waals surface area contributed by atoms with Crippen molar-refractivity contribution < 1.29 is 38.1 Å². The molecule has 3 heterocycles. The summed E-state index contributed by atoms with van der Waals surface area (Å²) in [6.45, 7) is 7.01. The van der Waals surface area contributed by atoms with Crippen LogP contribution in [0.15, 0.2) is 23.3 Å². The number of hydrogen-bond acceptors (Lipinski definition) is 8. The number of rotatable bonds is 3. The fourth-order valence-electron chi connectivity index (χ4n) is 4.99. The van der Waals surface area contributed by atoms with Crippen LogP contribution in [-0.2, 0) is 38.1 Å². The zero-order valence-corrected chi connectivity index (χ0v) is 17.7. The summed E-state index contributed by atoms with van der Waals surface area (Å²) in [5.41, 5.74) is 2.01. The van der Waals surface area contributed by atoms with E-state index in [9.17, 15) is 14.4 Å². The summed E-state index contributed by atoms with van der Waals surface area (Å²) in [7, 11) is 0. The Morgan fingerprint density at radius 1 is 1.07 bits per heavy atom. The lowest BCUT2D eigenvalue weighted by atomic mass is 9.75. The van der Waals surface area contributed by atoms with E-state index in [1.807, 2.05) is 6.08 Å². The molecule has 4 aliphatic rings. The summed E-state index contributed by atoms with van der Waals surface area (Å²) in [5, 5.41) is 0. The molecule has 0 N–H and O–H groups in total. The van der Waals surface area contributed by atoms with E-state index in [1.54, 1.807) is 6.08 Å².